The van der Waals surface area contributed by atoms with E-state index in [-0.39, 0.29) is 28.9 Å². The summed E-state index contributed by atoms with van der Waals surface area (Å²) in [6.07, 6.45) is 5.07. The van der Waals surface area contributed by atoms with Gasteiger partial charge in [0.1, 0.15) is 0 Å². The number of hydrogen-bond donors (Lipinski definition) is 3. The molecule has 7 nitrogen and oxygen atoms in total. The highest BCUT2D eigenvalue weighted by Crippen LogP contribution is 2.38. The van der Waals surface area contributed by atoms with Crippen LogP contribution in [0.4, 0.5) is 5.69 Å². The minimum atomic E-state index is -0.243. The Morgan fingerprint density at radius 3 is 2.56 bits per heavy atom. The first-order valence-corrected chi connectivity index (χ1v) is 13.3. The number of nitrogens with zero attached hydrogens (tertiary/aromatic N) is 2. The Labute approximate surface area is 212 Å². The van der Waals surface area contributed by atoms with E-state index < -0.39 is 0 Å². The number of carbonyl (C=O) groups excluding carboxylic acids is 1. The number of aryl methyl sites for hydroxylation is 1. The number of Topliss-reactive ketones (excluding diaryl/α,β-unsaturated/α-hetero) is 1. The van der Waals surface area contributed by atoms with Crippen LogP contribution in [-0.2, 0) is 12.8 Å². The molecule has 2 aromatic heterocycles. The number of aromatic amines is 1. The maximum atomic E-state index is 13.3. The Balaban J connectivity index is 1.67. The first-order chi connectivity index (χ1) is 17.0. The Morgan fingerprint density at radius 2 is 1.86 bits per heavy atom. The number of aromatic nitrogens is 3. The van der Waals surface area contributed by atoms with Crippen LogP contribution in [0.15, 0.2) is 23.0 Å². The zero-order valence-corrected chi connectivity index (χ0v) is 22.1. The molecule has 0 amide bonds. The Bertz CT molecular complexity index is 1370. The predicted molar refractivity (Wildman–Crippen MR) is 143 cm³/mol. The summed E-state index contributed by atoms with van der Waals surface area (Å²) in [5, 5.41) is 19.9. The molecule has 0 bridgehead atoms. The molecule has 0 aliphatic heterocycles. The van der Waals surface area contributed by atoms with Crippen molar-refractivity contribution in [1.82, 2.24) is 14.8 Å². The lowest BCUT2D eigenvalue weighted by Crippen LogP contribution is -2.29. The van der Waals surface area contributed by atoms with Crippen LogP contribution in [0.25, 0.3) is 16.5 Å². The summed E-state index contributed by atoms with van der Waals surface area (Å²) in [6.45, 7) is 10.4. The summed E-state index contributed by atoms with van der Waals surface area (Å²) in [7, 11) is 0. The maximum Gasteiger partial charge on any atom is 0.258 e. The fourth-order valence-electron chi connectivity index (χ4n) is 6.03. The highest BCUT2D eigenvalue weighted by Gasteiger charge is 2.36. The molecule has 192 valence electrons. The average molecular weight is 491 g/mol. The Kier molecular flexibility index (Phi) is 6.31. The van der Waals surface area contributed by atoms with Gasteiger partial charge in [0.15, 0.2) is 5.78 Å². The number of anilines is 1. The molecule has 0 spiro atoms. The second kappa shape index (κ2) is 9.18. The van der Waals surface area contributed by atoms with Crippen LogP contribution in [0, 0.1) is 18.3 Å². The first kappa shape index (κ1) is 24.8. The van der Waals surface area contributed by atoms with Crippen molar-refractivity contribution < 1.29 is 9.90 Å². The van der Waals surface area contributed by atoms with Gasteiger partial charge < -0.3 is 15.4 Å². The van der Waals surface area contributed by atoms with Gasteiger partial charge >= 0.3 is 0 Å². The summed E-state index contributed by atoms with van der Waals surface area (Å²) < 4.78 is 1.92. The van der Waals surface area contributed by atoms with E-state index in [4.69, 9.17) is 5.10 Å². The van der Waals surface area contributed by atoms with Crippen molar-refractivity contribution in [2.45, 2.75) is 91.7 Å². The number of pyridine rings is 1. The monoisotopic (exact) mass is 490 g/mol. The minimum Gasteiger partial charge on any atom is -0.393 e. The van der Waals surface area contributed by atoms with E-state index in [0.29, 0.717) is 17.7 Å². The van der Waals surface area contributed by atoms with E-state index in [9.17, 15) is 14.7 Å². The molecule has 0 saturated heterocycles. The maximum absolute atomic E-state index is 13.3. The van der Waals surface area contributed by atoms with Crippen molar-refractivity contribution >= 4 is 22.2 Å². The molecular weight excluding hydrogens is 452 g/mol. The zero-order chi connectivity index (χ0) is 25.8. The van der Waals surface area contributed by atoms with Gasteiger partial charge in [-0.25, -0.2) is 4.68 Å². The molecule has 36 heavy (non-hydrogen) atoms. The van der Waals surface area contributed by atoms with E-state index >= 15 is 0 Å². The summed E-state index contributed by atoms with van der Waals surface area (Å²) in [6, 6.07) is 6.30. The van der Waals surface area contributed by atoms with E-state index in [2.05, 4.69) is 44.1 Å². The van der Waals surface area contributed by atoms with Crippen molar-refractivity contribution in [3.63, 3.8) is 0 Å². The molecule has 1 fully saturated rings. The normalized spacial score (nSPS) is 21.7. The van der Waals surface area contributed by atoms with Gasteiger partial charge in [0, 0.05) is 23.8 Å². The van der Waals surface area contributed by atoms with Crippen molar-refractivity contribution in [3.05, 3.63) is 51.2 Å². The number of hydrogen-bond acceptors (Lipinski definition) is 5. The van der Waals surface area contributed by atoms with Crippen LogP contribution >= 0.6 is 0 Å². The topological polar surface area (TPSA) is 100 Å². The van der Waals surface area contributed by atoms with Crippen LogP contribution in [-0.4, -0.2) is 37.8 Å². The number of benzene rings is 1. The highest BCUT2D eigenvalue weighted by atomic mass is 16.3. The van der Waals surface area contributed by atoms with Gasteiger partial charge in [-0.05, 0) is 80.4 Å². The van der Waals surface area contributed by atoms with Crippen molar-refractivity contribution in [1.29, 1.82) is 0 Å². The van der Waals surface area contributed by atoms with Crippen LogP contribution in [0.3, 0.4) is 0 Å². The second-order valence-electron chi connectivity index (χ2n) is 12.1. The van der Waals surface area contributed by atoms with E-state index in [1.165, 1.54) is 0 Å². The lowest BCUT2D eigenvalue weighted by atomic mass is 9.75. The summed E-state index contributed by atoms with van der Waals surface area (Å²) >= 11 is 0. The van der Waals surface area contributed by atoms with Gasteiger partial charge in [0.05, 0.1) is 34.1 Å². The zero-order valence-electron chi connectivity index (χ0n) is 22.1. The first-order valence-electron chi connectivity index (χ1n) is 13.3. The molecule has 0 unspecified atom stereocenters. The van der Waals surface area contributed by atoms with Gasteiger partial charge in [0.25, 0.3) is 5.56 Å². The number of ketones is 1. The van der Waals surface area contributed by atoms with E-state index in [0.717, 1.165) is 77.9 Å². The van der Waals surface area contributed by atoms with Crippen LogP contribution in [0.5, 0.6) is 0 Å². The van der Waals surface area contributed by atoms with Crippen LogP contribution in [0.2, 0.25) is 0 Å². The van der Waals surface area contributed by atoms with Crippen molar-refractivity contribution in [3.8, 4) is 5.69 Å². The lowest BCUT2D eigenvalue weighted by molar-refractivity contribution is 0.0910. The number of fused-ring (bicyclic) bond motifs is 2. The van der Waals surface area contributed by atoms with Gasteiger partial charge in [0.2, 0.25) is 0 Å². The van der Waals surface area contributed by atoms with Gasteiger partial charge in [-0.2, -0.15) is 5.10 Å². The molecule has 7 heteroatoms. The number of rotatable bonds is 5. The van der Waals surface area contributed by atoms with Gasteiger partial charge in [-0.15, -0.1) is 0 Å². The molecule has 2 heterocycles. The molecule has 3 aromatic rings. The quantitative estimate of drug-likeness (QED) is 0.463. The lowest BCUT2D eigenvalue weighted by Gasteiger charge is -2.29. The molecule has 0 radical (unpaired) electrons. The van der Waals surface area contributed by atoms with Crippen molar-refractivity contribution in [2.75, 3.05) is 5.32 Å². The SMILES string of the molecule is Cc1nn(-c2cc(N[C@H]3CC[C@H](O)CC3)c3c(=O)[nH]c(CC(C)C)cc3c2)c2c1C(=O)CC(C)(C)C2. The standard InChI is InChI=1S/C29H38N4O3/c1-16(2)10-20-11-18-12-21(33-24-14-29(4,5)15-25(35)26(24)17(3)32-33)13-23(27(18)28(36)31-20)30-19-6-8-22(34)9-7-19/h11-13,16,19,22,30,34H,6-10,14-15H2,1-5H3,(H,31,36)/t19-,22-. The third kappa shape index (κ3) is 4.73. The minimum absolute atomic E-state index is 0.0944. The number of aliphatic hydroxyl groups excluding tert-OH is 1. The number of nitrogens with one attached hydrogen (secondary N) is 2. The van der Waals surface area contributed by atoms with Gasteiger partial charge in [-0.3, -0.25) is 9.59 Å². The molecule has 1 aromatic carbocycles. The summed E-state index contributed by atoms with van der Waals surface area (Å²) in [4.78, 5) is 29.4. The van der Waals surface area contributed by atoms with Gasteiger partial charge in [-0.1, -0.05) is 27.7 Å². The summed E-state index contributed by atoms with van der Waals surface area (Å²) in [5.41, 5.74) is 4.79. The van der Waals surface area contributed by atoms with Crippen LogP contribution in [0.1, 0.15) is 87.2 Å². The molecule has 3 N–H and O–H groups in total. The third-order valence-electron chi connectivity index (χ3n) is 7.63. The van der Waals surface area contributed by atoms with E-state index in [1.54, 1.807) is 0 Å². The second-order valence-corrected chi connectivity index (χ2v) is 12.1. The molecule has 2 aliphatic carbocycles. The number of aliphatic hydroxyl groups is 1. The largest absolute Gasteiger partial charge is 0.393 e. The number of carbonyl (C=O) groups is 1. The predicted octanol–water partition coefficient (Wildman–Crippen LogP) is 5.09. The molecule has 1 saturated carbocycles. The molecular formula is C29H38N4O3. The Morgan fingerprint density at radius 1 is 1.14 bits per heavy atom. The third-order valence-corrected chi connectivity index (χ3v) is 7.63. The molecule has 0 atom stereocenters. The smallest absolute Gasteiger partial charge is 0.258 e. The highest BCUT2D eigenvalue weighted by molar-refractivity contribution is 6.00. The van der Waals surface area contributed by atoms with E-state index in [1.807, 2.05) is 23.7 Å². The molecule has 5 rings (SSSR count). The van der Waals surface area contributed by atoms with Crippen molar-refractivity contribution in [2.24, 2.45) is 11.3 Å². The fourth-order valence-corrected chi connectivity index (χ4v) is 6.03. The summed E-state index contributed by atoms with van der Waals surface area (Å²) in [5.74, 6) is 0.571. The van der Waals surface area contributed by atoms with Crippen LogP contribution < -0.4 is 10.9 Å². The number of H-pyrrole nitrogens is 1. The average Bonchev–Trinajstić information content (AvgIpc) is 3.09. The Hall–Kier alpha value is -2.93. The fraction of sp³-hybridized carbons (Fsp3) is 0.552. The molecule has 2 aliphatic rings.